The molecule has 4 rings (SSSR count). The quantitative estimate of drug-likeness (QED) is 0.158. The highest BCUT2D eigenvalue weighted by Crippen LogP contribution is 2.27. The summed E-state index contributed by atoms with van der Waals surface area (Å²) in [6.07, 6.45) is 5.10. The van der Waals surface area contributed by atoms with Crippen molar-refractivity contribution in [2.24, 2.45) is 5.92 Å². The molecule has 0 heterocycles. The lowest BCUT2D eigenvalue weighted by Crippen LogP contribution is -2.46. The molecule has 12 heteroatoms. The molecule has 0 unspecified atom stereocenters. The molecule has 260 valence electrons. The van der Waals surface area contributed by atoms with Gasteiger partial charge in [-0.15, -0.1) is 0 Å². The number of benzene rings is 3. The Balaban J connectivity index is 0.000000598. The van der Waals surface area contributed by atoms with Crippen LogP contribution in [0.5, 0.6) is 0 Å². The van der Waals surface area contributed by atoms with Crippen molar-refractivity contribution in [3.05, 3.63) is 99.5 Å². The smallest absolute Gasteiger partial charge is 0.251 e. The van der Waals surface area contributed by atoms with Crippen LogP contribution in [0.4, 0.5) is 5.69 Å². The van der Waals surface area contributed by atoms with Gasteiger partial charge in [0.25, 0.3) is 11.8 Å². The minimum atomic E-state index is -3.63. The minimum Gasteiger partial charge on any atom is -0.354 e. The number of anilines is 1. The Kier molecular flexibility index (Phi) is 15.1. The number of amides is 3. The van der Waals surface area contributed by atoms with Crippen LogP contribution >= 0.6 is 15.9 Å². The molecule has 3 aromatic carbocycles. The Hall–Kier alpha value is -3.74. The van der Waals surface area contributed by atoms with Crippen LogP contribution in [-0.2, 0) is 21.2 Å². The van der Waals surface area contributed by atoms with Gasteiger partial charge in [-0.3, -0.25) is 18.7 Å². The summed E-state index contributed by atoms with van der Waals surface area (Å²) in [4.78, 5) is 38.5. The Morgan fingerprint density at radius 1 is 0.896 bits per heavy atom. The maximum Gasteiger partial charge on any atom is 0.251 e. The first kappa shape index (κ1) is 38.7. The highest BCUT2D eigenvalue weighted by molar-refractivity contribution is 9.10. The molecule has 3 amide bonds. The summed E-state index contributed by atoms with van der Waals surface area (Å²) in [5.74, 6) is -0.352. The second kappa shape index (κ2) is 18.7. The van der Waals surface area contributed by atoms with Gasteiger partial charge in [0.15, 0.2) is 0 Å². The molecule has 1 aliphatic carbocycles. The van der Waals surface area contributed by atoms with Gasteiger partial charge in [0.05, 0.1) is 24.0 Å². The second-order valence-electron chi connectivity index (χ2n) is 11.9. The number of carbonyl (C=O) groups is 3. The number of nitrogens with one attached hydrogen (secondary N) is 4. The van der Waals surface area contributed by atoms with E-state index in [1.165, 1.54) is 30.8 Å². The average Bonchev–Trinajstić information content (AvgIpc) is 3.92. The molecule has 3 aromatic rings. The third-order valence-electron chi connectivity index (χ3n) is 8.06. The lowest BCUT2D eigenvalue weighted by Gasteiger charge is -2.20. The van der Waals surface area contributed by atoms with Gasteiger partial charge in [0, 0.05) is 42.3 Å². The Bertz CT molecular complexity index is 1620. The summed E-state index contributed by atoms with van der Waals surface area (Å²) in [6, 6.07) is 21.5. The molecule has 1 fully saturated rings. The molecule has 0 saturated heterocycles. The summed E-state index contributed by atoms with van der Waals surface area (Å²) >= 11 is 3.37. The van der Waals surface area contributed by atoms with Gasteiger partial charge in [0.1, 0.15) is 0 Å². The molecule has 10 nitrogen and oxygen atoms in total. The molecule has 0 aliphatic heterocycles. The Labute approximate surface area is 293 Å². The van der Waals surface area contributed by atoms with Crippen LogP contribution in [0.15, 0.2) is 77.3 Å². The number of aryl methyl sites for hydroxylation is 1. The molecule has 4 N–H and O–H groups in total. The normalized spacial score (nSPS) is 13.7. The molecular formula is C36H48BrN5O5S. The summed E-state index contributed by atoms with van der Waals surface area (Å²) in [5.41, 5.74) is 2.80. The van der Waals surface area contributed by atoms with E-state index in [0.717, 1.165) is 39.9 Å². The van der Waals surface area contributed by atoms with Gasteiger partial charge < -0.3 is 21.3 Å². The number of carbonyl (C=O) groups excluding carboxylic acids is 3. The SMILES string of the molecule is CC[C@H](NCCNC(=O)c1cc(C(=O)N[C@H](C)c2ccccc2)cc(N(C)S(C)(=O)=O)c1)C(=O)NCC1CC1.CCc1ccc(Br)cc1. The Morgan fingerprint density at radius 3 is 2.08 bits per heavy atom. The van der Waals surface area contributed by atoms with Crippen molar-refractivity contribution in [2.75, 3.05) is 37.2 Å². The number of nitrogens with zero attached hydrogens (tertiary/aromatic N) is 1. The third-order valence-corrected chi connectivity index (χ3v) is 9.79. The summed E-state index contributed by atoms with van der Waals surface area (Å²) in [5, 5.41) is 11.8. The van der Waals surface area contributed by atoms with Crippen LogP contribution in [0.3, 0.4) is 0 Å². The van der Waals surface area contributed by atoms with Crippen LogP contribution in [0.25, 0.3) is 0 Å². The maximum absolute atomic E-state index is 13.1. The van der Waals surface area contributed by atoms with Gasteiger partial charge >= 0.3 is 0 Å². The third kappa shape index (κ3) is 12.7. The van der Waals surface area contributed by atoms with Crippen molar-refractivity contribution < 1.29 is 22.8 Å². The van der Waals surface area contributed by atoms with Crippen molar-refractivity contribution >= 4 is 49.4 Å². The lowest BCUT2D eigenvalue weighted by atomic mass is 10.1. The predicted octanol–water partition coefficient (Wildman–Crippen LogP) is 5.21. The van der Waals surface area contributed by atoms with E-state index in [-0.39, 0.29) is 41.3 Å². The first-order valence-corrected chi connectivity index (χ1v) is 18.9. The van der Waals surface area contributed by atoms with Crippen LogP contribution in [-0.4, -0.2) is 65.1 Å². The van der Waals surface area contributed by atoms with Gasteiger partial charge in [-0.25, -0.2) is 8.42 Å². The second-order valence-corrected chi connectivity index (χ2v) is 14.9. The van der Waals surface area contributed by atoms with Gasteiger partial charge in [-0.2, -0.15) is 0 Å². The van der Waals surface area contributed by atoms with E-state index in [1.54, 1.807) is 0 Å². The van der Waals surface area contributed by atoms with Crippen LogP contribution in [0.2, 0.25) is 0 Å². The predicted molar refractivity (Wildman–Crippen MR) is 196 cm³/mol. The van der Waals surface area contributed by atoms with E-state index < -0.39 is 21.8 Å². The fourth-order valence-corrected chi connectivity index (χ4v) is 5.46. The lowest BCUT2D eigenvalue weighted by molar-refractivity contribution is -0.123. The van der Waals surface area contributed by atoms with Crippen molar-refractivity contribution in [1.29, 1.82) is 0 Å². The van der Waals surface area contributed by atoms with E-state index >= 15 is 0 Å². The maximum atomic E-state index is 13.1. The highest BCUT2D eigenvalue weighted by atomic mass is 79.9. The van der Waals surface area contributed by atoms with Crippen molar-refractivity contribution in [1.82, 2.24) is 21.3 Å². The molecule has 1 aliphatic rings. The first-order valence-electron chi connectivity index (χ1n) is 16.3. The molecule has 48 heavy (non-hydrogen) atoms. The van der Waals surface area contributed by atoms with E-state index in [9.17, 15) is 22.8 Å². The van der Waals surface area contributed by atoms with Gasteiger partial charge in [-0.1, -0.05) is 72.2 Å². The number of sulfonamides is 1. The molecule has 2 atom stereocenters. The van der Waals surface area contributed by atoms with Crippen molar-refractivity contribution in [2.45, 2.75) is 58.5 Å². The van der Waals surface area contributed by atoms with Crippen LogP contribution < -0.4 is 25.6 Å². The molecule has 0 aromatic heterocycles. The zero-order valence-corrected chi connectivity index (χ0v) is 30.8. The number of hydrogen-bond acceptors (Lipinski definition) is 6. The number of hydrogen-bond donors (Lipinski definition) is 4. The van der Waals surface area contributed by atoms with Crippen molar-refractivity contribution in [3.8, 4) is 0 Å². The van der Waals surface area contributed by atoms with Gasteiger partial charge in [-0.05, 0) is 80.0 Å². The van der Waals surface area contributed by atoms with E-state index in [4.69, 9.17) is 0 Å². The summed E-state index contributed by atoms with van der Waals surface area (Å²) in [7, 11) is -2.27. The van der Waals surface area contributed by atoms with Crippen LogP contribution in [0, 0.1) is 5.92 Å². The topological polar surface area (TPSA) is 137 Å². The molecule has 0 spiro atoms. The van der Waals surface area contributed by atoms with Crippen molar-refractivity contribution in [3.63, 3.8) is 0 Å². The zero-order valence-electron chi connectivity index (χ0n) is 28.4. The van der Waals surface area contributed by atoms with Crippen LogP contribution in [0.1, 0.15) is 77.9 Å². The number of halogens is 1. The fourth-order valence-electron chi connectivity index (χ4n) is 4.71. The largest absolute Gasteiger partial charge is 0.354 e. The van der Waals surface area contributed by atoms with E-state index in [1.807, 2.05) is 44.2 Å². The van der Waals surface area contributed by atoms with Gasteiger partial charge in [0.2, 0.25) is 15.9 Å². The average molecular weight is 743 g/mol. The fraction of sp³-hybridized carbons (Fsp3) is 0.417. The Morgan fingerprint density at radius 2 is 1.52 bits per heavy atom. The summed E-state index contributed by atoms with van der Waals surface area (Å²) < 4.78 is 26.5. The zero-order chi connectivity index (χ0) is 35.3. The molecule has 0 radical (unpaired) electrons. The molecular weight excluding hydrogens is 694 g/mol. The van der Waals surface area contributed by atoms with E-state index in [0.29, 0.717) is 25.4 Å². The van der Waals surface area contributed by atoms with E-state index in [2.05, 4.69) is 68.4 Å². The molecule has 1 saturated carbocycles. The monoisotopic (exact) mass is 741 g/mol. The minimum absolute atomic E-state index is 0.0485. The standard InChI is InChI=1S/C28H39N5O5S.C8H9Br/c1-5-25(28(36)31-18-20-11-12-20)29-13-14-30-26(34)22-15-23(17-24(16-22)33(3)39(4,37)38)27(35)32-19(2)21-9-7-6-8-10-21;1-2-7-3-5-8(9)6-4-7/h6-10,15-17,19-20,25,29H,5,11-14,18H2,1-4H3,(H,30,34)(H,31,36)(H,32,35);3-6H,2H2,1H3/t19-,25+;/m1./s1. The summed E-state index contributed by atoms with van der Waals surface area (Å²) in [6.45, 7) is 7.23. The number of rotatable bonds is 15. The highest BCUT2D eigenvalue weighted by Gasteiger charge is 2.24. The molecule has 0 bridgehead atoms. The first-order chi connectivity index (χ1) is 22.8.